The van der Waals surface area contributed by atoms with Gasteiger partial charge in [-0.1, -0.05) is 55.6 Å². The highest BCUT2D eigenvalue weighted by molar-refractivity contribution is 6.44. The van der Waals surface area contributed by atoms with Crippen LogP contribution >= 0.6 is 34.8 Å². The van der Waals surface area contributed by atoms with E-state index in [1.807, 2.05) is 13.0 Å². The molecular formula is C11H13Cl3. The molecule has 0 aromatic heterocycles. The summed E-state index contributed by atoms with van der Waals surface area (Å²) in [6.45, 7) is 8.10. The summed E-state index contributed by atoms with van der Waals surface area (Å²) in [5.74, 6) is 0. The van der Waals surface area contributed by atoms with Crippen molar-refractivity contribution in [2.75, 3.05) is 0 Å². The van der Waals surface area contributed by atoms with E-state index in [4.69, 9.17) is 34.8 Å². The summed E-state index contributed by atoms with van der Waals surface area (Å²) in [4.78, 5) is 0. The molecule has 14 heavy (non-hydrogen) atoms. The highest BCUT2D eigenvalue weighted by atomic mass is 35.5. The van der Waals surface area contributed by atoms with Crippen LogP contribution < -0.4 is 0 Å². The lowest BCUT2D eigenvalue weighted by atomic mass is 9.86. The van der Waals surface area contributed by atoms with Crippen molar-refractivity contribution < 1.29 is 0 Å². The van der Waals surface area contributed by atoms with Gasteiger partial charge in [0.05, 0.1) is 10.0 Å². The first kappa shape index (κ1) is 12.2. The van der Waals surface area contributed by atoms with E-state index in [0.29, 0.717) is 15.1 Å². The Kier molecular flexibility index (Phi) is 3.41. The van der Waals surface area contributed by atoms with Crippen molar-refractivity contribution in [3.63, 3.8) is 0 Å². The van der Waals surface area contributed by atoms with Crippen molar-refractivity contribution in [1.29, 1.82) is 0 Å². The minimum Gasteiger partial charge on any atom is -0.0840 e. The minimum atomic E-state index is -0.0436. The standard InChI is InChI=1S/C11H13Cl3/c1-6-8(12)5-7(11(2,3)4)10(14)9(6)13/h5H,1-4H3. The molecule has 0 atom stereocenters. The number of hydrogen-bond donors (Lipinski definition) is 0. The second kappa shape index (κ2) is 3.92. The molecule has 0 saturated carbocycles. The lowest BCUT2D eigenvalue weighted by molar-refractivity contribution is 0.590. The van der Waals surface area contributed by atoms with E-state index in [9.17, 15) is 0 Å². The SMILES string of the molecule is Cc1c(Cl)cc(C(C)(C)C)c(Cl)c1Cl. The molecule has 0 spiro atoms. The number of hydrogen-bond acceptors (Lipinski definition) is 0. The Labute approximate surface area is 100 Å². The molecule has 0 nitrogen and oxygen atoms in total. The Bertz CT molecular complexity index is 362. The fourth-order valence-corrected chi connectivity index (χ4v) is 2.17. The predicted octanol–water partition coefficient (Wildman–Crippen LogP) is 5.25. The van der Waals surface area contributed by atoms with E-state index in [1.165, 1.54) is 0 Å². The normalized spacial score (nSPS) is 11.9. The van der Waals surface area contributed by atoms with E-state index in [1.54, 1.807) is 0 Å². The molecule has 3 heteroatoms. The van der Waals surface area contributed by atoms with Gasteiger partial charge in [0, 0.05) is 5.02 Å². The topological polar surface area (TPSA) is 0 Å². The number of rotatable bonds is 0. The van der Waals surface area contributed by atoms with E-state index < -0.39 is 0 Å². The maximum absolute atomic E-state index is 6.16. The van der Waals surface area contributed by atoms with Crippen molar-refractivity contribution in [2.24, 2.45) is 0 Å². The summed E-state index contributed by atoms with van der Waals surface area (Å²) >= 11 is 18.3. The van der Waals surface area contributed by atoms with Crippen LogP contribution in [-0.2, 0) is 5.41 Å². The summed E-state index contributed by atoms with van der Waals surface area (Å²) < 4.78 is 0. The quantitative estimate of drug-likeness (QED) is 0.552. The molecule has 1 rings (SSSR count). The van der Waals surface area contributed by atoms with Gasteiger partial charge in [0.25, 0.3) is 0 Å². The molecule has 78 valence electrons. The predicted molar refractivity (Wildman–Crippen MR) is 64.9 cm³/mol. The van der Waals surface area contributed by atoms with Gasteiger partial charge in [-0.05, 0) is 29.5 Å². The van der Waals surface area contributed by atoms with Crippen molar-refractivity contribution in [2.45, 2.75) is 33.1 Å². The Balaban J connectivity index is 3.49. The van der Waals surface area contributed by atoms with Crippen molar-refractivity contribution in [3.05, 3.63) is 32.3 Å². The third kappa shape index (κ3) is 2.18. The summed E-state index contributed by atoms with van der Waals surface area (Å²) in [6.07, 6.45) is 0. The maximum atomic E-state index is 6.16. The molecule has 0 saturated heterocycles. The second-order valence-electron chi connectivity index (χ2n) is 4.41. The van der Waals surface area contributed by atoms with Gasteiger partial charge in [0.15, 0.2) is 0 Å². The van der Waals surface area contributed by atoms with Gasteiger partial charge in [-0.2, -0.15) is 0 Å². The van der Waals surface area contributed by atoms with E-state index in [2.05, 4.69) is 20.8 Å². The highest BCUT2D eigenvalue weighted by Gasteiger charge is 2.21. The molecular weight excluding hydrogens is 238 g/mol. The fourth-order valence-electron chi connectivity index (χ4n) is 1.23. The third-order valence-corrected chi connectivity index (χ3v) is 3.55. The van der Waals surface area contributed by atoms with Gasteiger partial charge < -0.3 is 0 Å². The van der Waals surface area contributed by atoms with Gasteiger partial charge in [-0.3, -0.25) is 0 Å². The Morgan fingerprint density at radius 2 is 1.50 bits per heavy atom. The fraction of sp³-hybridized carbons (Fsp3) is 0.455. The molecule has 0 N–H and O–H groups in total. The molecule has 0 aliphatic carbocycles. The summed E-state index contributed by atoms with van der Waals surface area (Å²) in [7, 11) is 0. The lowest BCUT2D eigenvalue weighted by Gasteiger charge is -2.22. The first-order chi connectivity index (χ1) is 6.25. The van der Waals surface area contributed by atoms with Crippen LogP contribution in [0.15, 0.2) is 6.07 Å². The Morgan fingerprint density at radius 3 is 1.93 bits per heavy atom. The average Bonchev–Trinajstić information content (AvgIpc) is 2.06. The molecule has 0 aliphatic heterocycles. The third-order valence-electron chi connectivity index (χ3n) is 2.20. The molecule has 0 bridgehead atoms. The van der Waals surface area contributed by atoms with Crippen LogP contribution in [0.4, 0.5) is 0 Å². The molecule has 0 fully saturated rings. The van der Waals surface area contributed by atoms with Crippen molar-refractivity contribution in [3.8, 4) is 0 Å². The van der Waals surface area contributed by atoms with Crippen molar-refractivity contribution >= 4 is 34.8 Å². The van der Waals surface area contributed by atoms with E-state index in [0.717, 1.165) is 11.1 Å². The van der Waals surface area contributed by atoms with Gasteiger partial charge in [-0.15, -0.1) is 0 Å². The van der Waals surface area contributed by atoms with Crippen LogP contribution in [0, 0.1) is 6.92 Å². The van der Waals surface area contributed by atoms with Crippen molar-refractivity contribution in [1.82, 2.24) is 0 Å². The summed E-state index contributed by atoms with van der Waals surface area (Å²) in [6, 6.07) is 1.89. The first-order valence-corrected chi connectivity index (χ1v) is 5.53. The van der Waals surface area contributed by atoms with Crippen LogP contribution in [0.1, 0.15) is 31.9 Å². The molecule has 1 aromatic rings. The zero-order chi connectivity index (χ0) is 11.1. The summed E-state index contributed by atoms with van der Waals surface area (Å²) in [5, 5.41) is 1.84. The van der Waals surface area contributed by atoms with E-state index in [-0.39, 0.29) is 5.41 Å². The Morgan fingerprint density at radius 1 is 1.00 bits per heavy atom. The molecule has 1 aromatic carbocycles. The zero-order valence-electron chi connectivity index (χ0n) is 8.71. The van der Waals surface area contributed by atoms with E-state index >= 15 is 0 Å². The molecule has 0 aliphatic rings. The monoisotopic (exact) mass is 250 g/mol. The smallest absolute Gasteiger partial charge is 0.0639 e. The second-order valence-corrected chi connectivity index (χ2v) is 5.57. The number of benzene rings is 1. The Hall–Kier alpha value is 0.0900. The molecule has 0 unspecified atom stereocenters. The van der Waals surface area contributed by atoms with Gasteiger partial charge in [-0.25, -0.2) is 0 Å². The van der Waals surface area contributed by atoms with Gasteiger partial charge in [0.2, 0.25) is 0 Å². The average molecular weight is 252 g/mol. The van der Waals surface area contributed by atoms with Gasteiger partial charge in [0.1, 0.15) is 0 Å². The van der Waals surface area contributed by atoms with Gasteiger partial charge >= 0.3 is 0 Å². The molecule has 0 heterocycles. The highest BCUT2D eigenvalue weighted by Crippen LogP contribution is 2.39. The van der Waals surface area contributed by atoms with Crippen LogP contribution in [0.2, 0.25) is 15.1 Å². The van der Waals surface area contributed by atoms with Crippen LogP contribution in [0.25, 0.3) is 0 Å². The van der Waals surface area contributed by atoms with Crippen LogP contribution in [0.3, 0.4) is 0 Å². The lowest BCUT2D eigenvalue weighted by Crippen LogP contribution is -2.12. The largest absolute Gasteiger partial charge is 0.0840 e. The van der Waals surface area contributed by atoms with Crippen LogP contribution in [-0.4, -0.2) is 0 Å². The molecule has 0 radical (unpaired) electrons. The maximum Gasteiger partial charge on any atom is 0.0639 e. The first-order valence-electron chi connectivity index (χ1n) is 4.39. The summed E-state index contributed by atoms with van der Waals surface area (Å²) in [5.41, 5.74) is 1.78. The number of halogens is 3. The molecule has 0 amide bonds. The van der Waals surface area contributed by atoms with Crippen LogP contribution in [0.5, 0.6) is 0 Å². The minimum absolute atomic E-state index is 0.0436. The zero-order valence-corrected chi connectivity index (χ0v) is 11.0.